The van der Waals surface area contributed by atoms with E-state index in [4.69, 9.17) is 33.4 Å². The number of fused-ring (bicyclic) bond motifs is 2. The number of aromatic hydroxyl groups is 2. The van der Waals surface area contributed by atoms with Crippen LogP contribution in [0.25, 0.3) is 21.5 Å². The number of phenols is 2. The van der Waals surface area contributed by atoms with Crippen molar-refractivity contribution in [3.63, 3.8) is 0 Å². The molecule has 0 saturated carbocycles. The summed E-state index contributed by atoms with van der Waals surface area (Å²) in [6, 6.07) is 42.1. The molecule has 0 aliphatic rings. The van der Waals surface area contributed by atoms with E-state index in [9.17, 15) is 0 Å². The fraction of sp³-hybridized carbons (Fsp3) is 0. The summed E-state index contributed by atoms with van der Waals surface area (Å²) < 4.78 is 0. The van der Waals surface area contributed by atoms with E-state index in [0.29, 0.717) is 10.0 Å². The SMILES string of the molecule is C=C.Oc1ccc(Cl)cc1.Oc1ccc(Cl)cc1.[Zr+2].c1ccc2[cH-]ccc2c1.c1ccc2[cH-]ccc2c1. The Bertz CT molecular complexity index is 1190. The van der Waals surface area contributed by atoms with E-state index in [1.807, 2.05) is 0 Å². The van der Waals surface area contributed by atoms with Crippen molar-refractivity contribution < 1.29 is 36.4 Å². The monoisotopic (exact) mass is 604 g/mol. The van der Waals surface area contributed by atoms with Crippen LogP contribution in [0.15, 0.2) is 147 Å². The van der Waals surface area contributed by atoms with Crippen LogP contribution in [0.4, 0.5) is 0 Å². The Hall–Kier alpha value is -3.10. The largest absolute Gasteiger partial charge is 2.00 e. The first kappa shape index (κ1) is 31.9. The second kappa shape index (κ2) is 18.2. The van der Waals surface area contributed by atoms with Crippen LogP contribution in [0.2, 0.25) is 10.0 Å². The molecule has 37 heavy (non-hydrogen) atoms. The molecule has 6 rings (SSSR count). The van der Waals surface area contributed by atoms with E-state index >= 15 is 0 Å². The molecule has 5 heteroatoms. The van der Waals surface area contributed by atoms with Gasteiger partial charge in [-0.3, -0.25) is 0 Å². The molecular formula is C32H28Cl2O2Zr. The summed E-state index contributed by atoms with van der Waals surface area (Å²) in [5.41, 5.74) is 0. The zero-order valence-electron chi connectivity index (χ0n) is 20.3. The van der Waals surface area contributed by atoms with Crippen molar-refractivity contribution in [2.24, 2.45) is 0 Å². The van der Waals surface area contributed by atoms with E-state index in [0.717, 1.165) is 0 Å². The third kappa shape index (κ3) is 12.1. The van der Waals surface area contributed by atoms with E-state index in [-0.39, 0.29) is 37.7 Å². The molecule has 0 fully saturated rings. The maximum atomic E-state index is 8.70. The molecule has 0 amide bonds. The quantitative estimate of drug-likeness (QED) is 0.133. The first-order chi connectivity index (χ1) is 17.5. The summed E-state index contributed by atoms with van der Waals surface area (Å²) in [6.07, 6.45) is 0. The van der Waals surface area contributed by atoms with Gasteiger partial charge in [-0.25, -0.2) is 0 Å². The van der Waals surface area contributed by atoms with Crippen molar-refractivity contribution in [1.82, 2.24) is 0 Å². The predicted octanol–water partition coefficient (Wildman–Crippen LogP) is 10.0. The van der Waals surface area contributed by atoms with E-state index in [1.54, 1.807) is 48.5 Å². The number of benzene rings is 4. The fourth-order valence-electron chi connectivity index (χ4n) is 3.02. The van der Waals surface area contributed by atoms with Gasteiger partial charge in [0, 0.05) is 10.0 Å². The zero-order valence-corrected chi connectivity index (χ0v) is 24.2. The molecular weight excluding hydrogens is 578 g/mol. The van der Waals surface area contributed by atoms with Crippen LogP contribution in [0.1, 0.15) is 0 Å². The molecule has 0 radical (unpaired) electrons. The Balaban J connectivity index is 0.000000239. The summed E-state index contributed by atoms with van der Waals surface area (Å²) >= 11 is 11.0. The first-order valence-corrected chi connectivity index (χ1v) is 11.9. The van der Waals surface area contributed by atoms with Gasteiger partial charge in [-0.1, -0.05) is 35.3 Å². The van der Waals surface area contributed by atoms with Crippen molar-refractivity contribution in [1.29, 1.82) is 0 Å². The van der Waals surface area contributed by atoms with Crippen molar-refractivity contribution in [3.8, 4) is 11.5 Å². The third-order valence-corrected chi connectivity index (χ3v) is 5.25. The van der Waals surface area contributed by atoms with Crippen molar-refractivity contribution in [2.75, 3.05) is 0 Å². The van der Waals surface area contributed by atoms with Gasteiger partial charge >= 0.3 is 26.2 Å². The molecule has 6 aromatic carbocycles. The van der Waals surface area contributed by atoms with E-state index in [2.05, 4.69) is 98.1 Å². The standard InChI is InChI=1S/2C9H7.2C6H5ClO.C2H4.Zr/c2*1-2-5-9-7-3-6-8(9)4-1;2*7-5-1-3-6(8)4-2-5;1-2;/h2*1-7H;2*1-4,8H;1-2H2;/q2*-1;;;;+2. The molecule has 2 N–H and O–H groups in total. The van der Waals surface area contributed by atoms with Gasteiger partial charge in [0.25, 0.3) is 0 Å². The van der Waals surface area contributed by atoms with Crippen LogP contribution >= 0.6 is 23.2 Å². The first-order valence-electron chi connectivity index (χ1n) is 11.1. The maximum Gasteiger partial charge on any atom is 2.00 e. The van der Waals surface area contributed by atoms with Gasteiger partial charge in [0.05, 0.1) is 0 Å². The summed E-state index contributed by atoms with van der Waals surface area (Å²) in [4.78, 5) is 0. The van der Waals surface area contributed by atoms with Crippen LogP contribution in [0.5, 0.6) is 11.5 Å². The summed E-state index contributed by atoms with van der Waals surface area (Å²) in [6.45, 7) is 6.00. The molecule has 0 aliphatic carbocycles. The molecule has 0 atom stereocenters. The minimum absolute atomic E-state index is 0. The summed E-state index contributed by atoms with van der Waals surface area (Å²) in [5, 5.41) is 24.0. The van der Waals surface area contributed by atoms with E-state index in [1.165, 1.54) is 21.5 Å². The topological polar surface area (TPSA) is 40.5 Å². The van der Waals surface area contributed by atoms with Crippen LogP contribution in [0.3, 0.4) is 0 Å². The van der Waals surface area contributed by atoms with Gasteiger partial charge in [-0.05, 0) is 48.5 Å². The molecule has 6 aromatic rings. The summed E-state index contributed by atoms with van der Waals surface area (Å²) in [5.74, 6) is 0.490. The number of hydrogen-bond donors (Lipinski definition) is 2. The Morgan fingerprint density at radius 3 is 1.11 bits per heavy atom. The average molecular weight is 607 g/mol. The Kier molecular flexibility index (Phi) is 15.7. The number of halogens is 2. The van der Waals surface area contributed by atoms with Crippen LogP contribution < -0.4 is 0 Å². The third-order valence-electron chi connectivity index (χ3n) is 4.75. The van der Waals surface area contributed by atoms with Crippen LogP contribution in [-0.2, 0) is 26.2 Å². The van der Waals surface area contributed by atoms with Gasteiger partial charge in [-0.15, -0.1) is 72.5 Å². The fourth-order valence-corrected chi connectivity index (χ4v) is 3.27. The van der Waals surface area contributed by atoms with Gasteiger partial charge in [0.1, 0.15) is 11.5 Å². The molecule has 0 unspecified atom stereocenters. The molecule has 186 valence electrons. The van der Waals surface area contributed by atoms with Crippen LogP contribution in [-0.4, -0.2) is 10.2 Å². The second-order valence-electron chi connectivity index (χ2n) is 7.26. The minimum Gasteiger partial charge on any atom is -0.508 e. The zero-order chi connectivity index (χ0) is 26.2. The van der Waals surface area contributed by atoms with Gasteiger partial charge in [0.15, 0.2) is 0 Å². The molecule has 0 spiro atoms. The number of rotatable bonds is 0. The number of phenolic OH excluding ortho intramolecular Hbond substituents is 2. The second-order valence-corrected chi connectivity index (χ2v) is 8.14. The number of hydrogen-bond acceptors (Lipinski definition) is 2. The molecule has 0 saturated heterocycles. The van der Waals surface area contributed by atoms with E-state index < -0.39 is 0 Å². The smallest absolute Gasteiger partial charge is 0.508 e. The predicted molar refractivity (Wildman–Crippen MR) is 157 cm³/mol. The summed E-state index contributed by atoms with van der Waals surface area (Å²) in [7, 11) is 0. The molecule has 0 heterocycles. The maximum absolute atomic E-state index is 8.70. The Morgan fingerprint density at radius 2 is 0.811 bits per heavy atom. The molecule has 2 nitrogen and oxygen atoms in total. The van der Waals surface area contributed by atoms with Crippen molar-refractivity contribution in [3.05, 3.63) is 157 Å². The average Bonchev–Trinajstić information content (AvgIpc) is 3.60. The van der Waals surface area contributed by atoms with Gasteiger partial charge < -0.3 is 10.2 Å². The molecule has 0 aliphatic heterocycles. The van der Waals surface area contributed by atoms with Gasteiger partial charge in [0.2, 0.25) is 0 Å². The Morgan fingerprint density at radius 1 is 0.486 bits per heavy atom. The molecule has 0 bridgehead atoms. The van der Waals surface area contributed by atoms with Crippen molar-refractivity contribution in [2.45, 2.75) is 0 Å². The van der Waals surface area contributed by atoms with Crippen molar-refractivity contribution >= 4 is 44.7 Å². The normalized spacial score (nSPS) is 9.03. The van der Waals surface area contributed by atoms with Crippen LogP contribution in [0, 0.1) is 0 Å². The minimum atomic E-state index is 0. The Labute approximate surface area is 247 Å². The molecule has 0 aromatic heterocycles. The van der Waals surface area contributed by atoms with Gasteiger partial charge in [-0.2, -0.15) is 35.0 Å².